The van der Waals surface area contributed by atoms with Gasteiger partial charge in [0.15, 0.2) is 9.84 Å². The molecule has 0 fully saturated rings. The first-order valence-electron chi connectivity index (χ1n) is 6.98. The van der Waals surface area contributed by atoms with Gasteiger partial charge in [-0.3, -0.25) is 9.59 Å². The lowest BCUT2D eigenvalue weighted by Gasteiger charge is -2.09. The average Bonchev–Trinajstić information content (AvgIpc) is 2.87. The maximum Gasteiger partial charge on any atom is 0.256 e. The van der Waals surface area contributed by atoms with E-state index in [4.69, 9.17) is 0 Å². The molecule has 8 heteroatoms. The highest BCUT2D eigenvalue weighted by atomic mass is 79.9. The number of benzene rings is 2. The highest BCUT2D eigenvalue weighted by Crippen LogP contribution is 2.24. The van der Waals surface area contributed by atoms with Gasteiger partial charge in [0.2, 0.25) is 0 Å². The summed E-state index contributed by atoms with van der Waals surface area (Å²) in [4.78, 5) is 24.2. The first-order valence-corrected chi connectivity index (χ1v) is 9.66. The molecule has 0 spiro atoms. The first-order chi connectivity index (χ1) is 11.3. The Morgan fingerprint density at radius 1 is 1.21 bits per heavy atom. The maximum absolute atomic E-state index is 12.5. The number of carbonyl (C=O) groups excluding carboxylic acids is 2. The molecule has 6 nitrogen and oxygen atoms in total. The average molecular weight is 409 g/mol. The Kier molecular flexibility index (Phi) is 4.18. The maximum atomic E-state index is 12.5. The van der Waals surface area contributed by atoms with Gasteiger partial charge in [-0.2, -0.15) is 0 Å². The molecule has 3 rings (SSSR count). The van der Waals surface area contributed by atoms with Crippen LogP contribution in [0.3, 0.4) is 0 Å². The molecule has 0 bridgehead atoms. The summed E-state index contributed by atoms with van der Waals surface area (Å²) in [5.74, 6) is -0.646. The monoisotopic (exact) mass is 408 g/mol. The third-order valence-corrected chi connectivity index (χ3v) is 5.46. The molecule has 24 heavy (non-hydrogen) atoms. The van der Waals surface area contributed by atoms with Crippen molar-refractivity contribution in [3.8, 4) is 0 Å². The number of hydrogen-bond donors (Lipinski definition) is 2. The van der Waals surface area contributed by atoms with Gasteiger partial charge in [-0.25, -0.2) is 8.42 Å². The van der Waals surface area contributed by atoms with Gasteiger partial charge in [-0.05, 0) is 51.8 Å². The van der Waals surface area contributed by atoms with E-state index in [1.165, 1.54) is 18.2 Å². The highest BCUT2D eigenvalue weighted by molar-refractivity contribution is 9.10. The van der Waals surface area contributed by atoms with E-state index in [2.05, 4.69) is 26.6 Å². The Morgan fingerprint density at radius 2 is 1.96 bits per heavy atom. The molecule has 1 heterocycles. The van der Waals surface area contributed by atoms with Crippen LogP contribution >= 0.6 is 15.9 Å². The minimum absolute atomic E-state index is 0.0594. The van der Waals surface area contributed by atoms with E-state index in [1.807, 2.05) is 0 Å². The molecule has 2 aromatic carbocycles. The van der Waals surface area contributed by atoms with Crippen molar-refractivity contribution < 1.29 is 18.0 Å². The Bertz CT molecular complexity index is 970. The van der Waals surface area contributed by atoms with E-state index in [-0.39, 0.29) is 16.4 Å². The van der Waals surface area contributed by atoms with Gasteiger partial charge in [0, 0.05) is 28.5 Å². The van der Waals surface area contributed by atoms with Gasteiger partial charge in [0.1, 0.15) is 0 Å². The summed E-state index contributed by atoms with van der Waals surface area (Å²) in [6.45, 7) is 0.477. The van der Waals surface area contributed by atoms with Gasteiger partial charge in [0.25, 0.3) is 11.8 Å². The molecule has 2 amide bonds. The van der Waals surface area contributed by atoms with Crippen molar-refractivity contribution in [3.05, 3.63) is 57.6 Å². The molecule has 2 aromatic rings. The van der Waals surface area contributed by atoms with Crippen molar-refractivity contribution in [1.82, 2.24) is 5.32 Å². The van der Waals surface area contributed by atoms with Crippen LogP contribution in [-0.2, 0) is 16.4 Å². The van der Waals surface area contributed by atoms with Crippen molar-refractivity contribution in [2.24, 2.45) is 0 Å². The molecule has 1 aliphatic rings. The summed E-state index contributed by atoms with van der Waals surface area (Å²) in [5.41, 5.74) is 2.06. The Balaban J connectivity index is 1.91. The predicted octanol–water partition coefficient (Wildman–Crippen LogP) is 2.35. The summed E-state index contributed by atoms with van der Waals surface area (Å²) in [5, 5.41) is 5.39. The molecular formula is C16H13BrN2O4S. The molecule has 0 saturated heterocycles. The van der Waals surface area contributed by atoms with Crippen LogP contribution < -0.4 is 10.6 Å². The van der Waals surface area contributed by atoms with Crippen molar-refractivity contribution in [2.75, 3.05) is 11.6 Å². The topological polar surface area (TPSA) is 92.3 Å². The van der Waals surface area contributed by atoms with Crippen LogP contribution in [0.15, 0.2) is 45.8 Å². The number of amides is 2. The van der Waals surface area contributed by atoms with Crippen LogP contribution in [0, 0.1) is 0 Å². The number of hydrogen-bond acceptors (Lipinski definition) is 4. The zero-order valence-corrected chi connectivity index (χ0v) is 15.0. The molecule has 1 aliphatic heterocycles. The van der Waals surface area contributed by atoms with Crippen molar-refractivity contribution >= 4 is 43.3 Å². The minimum Gasteiger partial charge on any atom is -0.348 e. The third-order valence-electron chi connectivity index (χ3n) is 3.66. The zero-order chi connectivity index (χ0) is 17.5. The van der Waals surface area contributed by atoms with E-state index < -0.39 is 15.7 Å². The molecule has 0 radical (unpaired) electrons. The van der Waals surface area contributed by atoms with E-state index in [9.17, 15) is 18.0 Å². The van der Waals surface area contributed by atoms with Crippen LogP contribution in [-0.4, -0.2) is 26.5 Å². The van der Waals surface area contributed by atoms with Crippen molar-refractivity contribution in [2.45, 2.75) is 11.4 Å². The molecule has 0 atom stereocenters. The summed E-state index contributed by atoms with van der Waals surface area (Å²) < 4.78 is 23.8. The van der Waals surface area contributed by atoms with Crippen LogP contribution in [0.5, 0.6) is 0 Å². The molecule has 0 aliphatic carbocycles. The number of nitrogens with one attached hydrogen (secondary N) is 2. The van der Waals surface area contributed by atoms with Crippen LogP contribution in [0.1, 0.15) is 26.3 Å². The largest absolute Gasteiger partial charge is 0.348 e. The van der Waals surface area contributed by atoms with Crippen LogP contribution in [0.4, 0.5) is 5.69 Å². The normalized spacial score (nSPS) is 13.3. The second-order valence-corrected chi connectivity index (χ2v) is 8.29. The van der Waals surface area contributed by atoms with Gasteiger partial charge in [-0.15, -0.1) is 0 Å². The Morgan fingerprint density at radius 3 is 2.67 bits per heavy atom. The second-order valence-electron chi connectivity index (χ2n) is 5.42. The number of rotatable bonds is 3. The van der Waals surface area contributed by atoms with Crippen LogP contribution in [0.2, 0.25) is 0 Å². The molecule has 0 unspecified atom stereocenters. The summed E-state index contributed by atoms with van der Waals surface area (Å²) in [6, 6.07) is 9.33. The predicted molar refractivity (Wildman–Crippen MR) is 92.8 cm³/mol. The fourth-order valence-electron chi connectivity index (χ4n) is 2.40. The smallest absolute Gasteiger partial charge is 0.256 e. The number of anilines is 1. The number of carbonyl (C=O) groups is 2. The summed E-state index contributed by atoms with van der Waals surface area (Å²) in [6.07, 6.45) is 1.08. The van der Waals surface area contributed by atoms with E-state index in [0.29, 0.717) is 22.3 Å². The van der Waals surface area contributed by atoms with Gasteiger partial charge >= 0.3 is 0 Å². The van der Waals surface area contributed by atoms with E-state index in [1.54, 1.807) is 18.2 Å². The molecule has 0 aromatic heterocycles. The minimum atomic E-state index is -3.42. The van der Waals surface area contributed by atoms with E-state index >= 15 is 0 Å². The molecule has 2 N–H and O–H groups in total. The number of halogens is 1. The first kappa shape index (κ1) is 16.7. The fourth-order valence-corrected chi connectivity index (χ4v) is 3.47. The van der Waals surface area contributed by atoms with Gasteiger partial charge < -0.3 is 10.6 Å². The third kappa shape index (κ3) is 3.20. The second kappa shape index (κ2) is 6.03. The van der Waals surface area contributed by atoms with Crippen molar-refractivity contribution in [1.29, 1.82) is 0 Å². The lowest BCUT2D eigenvalue weighted by Crippen LogP contribution is -2.15. The molecule has 124 valence electrons. The van der Waals surface area contributed by atoms with Crippen molar-refractivity contribution in [3.63, 3.8) is 0 Å². The Labute approximate surface area is 147 Å². The number of fused-ring (bicyclic) bond motifs is 1. The standard InChI is InChI=1S/C16H13BrN2O4S/c1-24(22,23)11-4-5-14(17)13(7-11)16(21)19-10-3-2-9-8-18-15(20)12(9)6-10/h2-7H,8H2,1H3,(H,18,20)(H,19,21). The quantitative estimate of drug-likeness (QED) is 0.814. The SMILES string of the molecule is CS(=O)(=O)c1ccc(Br)c(C(=O)Nc2ccc3c(c2)C(=O)NC3)c1. The Hall–Kier alpha value is -2.19. The highest BCUT2D eigenvalue weighted by Gasteiger charge is 2.20. The summed E-state index contributed by atoms with van der Waals surface area (Å²) in [7, 11) is -3.42. The molecular weight excluding hydrogens is 396 g/mol. The fraction of sp³-hybridized carbons (Fsp3) is 0.125. The molecule has 0 saturated carbocycles. The van der Waals surface area contributed by atoms with E-state index in [0.717, 1.165) is 11.8 Å². The lowest BCUT2D eigenvalue weighted by atomic mass is 10.1. The zero-order valence-electron chi connectivity index (χ0n) is 12.6. The lowest BCUT2D eigenvalue weighted by molar-refractivity contribution is 0.0964. The number of sulfone groups is 1. The van der Waals surface area contributed by atoms with Crippen LogP contribution in [0.25, 0.3) is 0 Å². The van der Waals surface area contributed by atoms with Gasteiger partial charge in [-0.1, -0.05) is 6.07 Å². The van der Waals surface area contributed by atoms with Gasteiger partial charge in [0.05, 0.1) is 10.5 Å². The summed E-state index contributed by atoms with van der Waals surface area (Å²) >= 11 is 3.25.